The van der Waals surface area contributed by atoms with Crippen molar-refractivity contribution in [1.82, 2.24) is 9.80 Å². The summed E-state index contributed by atoms with van der Waals surface area (Å²) in [6, 6.07) is 7.21. The maximum Gasteiger partial charge on any atom is 0.238 e. The number of hydrogen-bond acceptors (Lipinski definition) is 5. The van der Waals surface area contributed by atoms with Gasteiger partial charge in [-0.3, -0.25) is 14.5 Å². The zero-order valence-corrected chi connectivity index (χ0v) is 13.6. The number of hydrogen-bond donors (Lipinski definition) is 1. The van der Waals surface area contributed by atoms with Gasteiger partial charge in [0.2, 0.25) is 11.8 Å². The van der Waals surface area contributed by atoms with E-state index in [1.54, 1.807) is 36.1 Å². The van der Waals surface area contributed by atoms with Gasteiger partial charge in [-0.2, -0.15) is 0 Å². The summed E-state index contributed by atoms with van der Waals surface area (Å²) in [5, 5.41) is 2.79. The van der Waals surface area contributed by atoms with Gasteiger partial charge in [-0.05, 0) is 19.2 Å². The number of morpholine rings is 1. The molecule has 0 unspecified atom stereocenters. The molecule has 0 aliphatic carbocycles. The molecule has 1 aliphatic rings. The summed E-state index contributed by atoms with van der Waals surface area (Å²) < 4.78 is 10.4. The Kier molecular flexibility index (Phi) is 6.37. The third-order valence-corrected chi connectivity index (χ3v) is 3.56. The van der Waals surface area contributed by atoms with E-state index in [9.17, 15) is 9.59 Å². The van der Waals surface area contributed by atoms with E-state index in [0.717, 1.165) is 0 Å². The molecule has 7 heteroatoms. The number of nitrogens with zero attached hydrogens (tertiary/aromatic N) is 2. The summed E-state index contributed by atoms with van der Waals surface area (Å²) in [7, 11) is 3.30. The Morgan fingerprint density at radius 1 is 1.26 bits per heavy atom. The van der Waals surface area contributed by atoms with Crippen LogP contribution in [0.25, 0.3) is 0 Å². The van der Waals surface area contributed by atoms with Gasteiger partial charge >= 0.3 is 0 Å². The van der Waals surface area contributed by atoms with Crippen LogP contribution in [-0.2, 0) is 14.3 Å². The number of rotatable bonds is 6. The van der Waals surface area contributed by atoms with Crippen LogP contribution in [0.2, 0.25) is 0 Å². The van der Waals surface area contributed by atoms with Crippen molar-refractivity contribution in [3.05, 3.63) is 24.3 Å². The van der Waals surface area contributed by atoms with Crippen LogP contribution in [0.4, 0.5) is 5.69 Å². The molecule has 2 rings (SSSR count). The summed E-state index contributed by atoms with van der Waals surface area (Å²) in [5.74, 6) is 0.431. The normalized spacial score (nSPS) is 14.7. The van der Waals surface area contributed by atoms with E-state index in [-0.39, 0.29) is 24.9 Å². The molecule has 126 valence electrons. The van der Waals surface area contributed by atoms with Gasteiger partial charge in [0.25, 0.3) is 0 Å². The molecule has 2 amide bonds. The number of amides is 2. The molecule has 1 aromatic carbocycles. The standard InChI is InChI=1S/C16H23N3O4/c1-18(12-16(21)19-7-9-23-10-8-19)11-15(20)17-13-5-3-4-6-14(13)22-2/h3-6H,7-12H2,1-2H3,(H,17,20). The summed E-state index contributed by atoms with van der Waals surface area (Å²) in [6.07, 6.45) is 0. The molecule has 0 aromatic heterocycles. The molecule has 1 aliphatic heterocycles. The quantitative estimate of drug-likeness (QED) is 0.822. The molecule has 0 bridgehead atoms. The van der Waals surface area contributed by atoms with Crippen LogP contribution in [0.1, 0.15) is 0 Å². The Morgan fingerprint density at radius 2 is 1.96 bits per heavy atom. The largest absolute Gasteiger partial charge is 0.495 e. The molecule has 0 spiro atoms. The smallest absolute Gasteiger partial charge is 0.238 e. The first-order valence-corrected chi connectivity index (χ1v) is 7.57. The molecule has 7 nitrogen and oxygen atoms in total. The lowest BCUT2D eigenvalue weighted by atomic mass is 10.3. The molecular formula is C16H23N3O4. The number of benzene rings is 1. The number of carbonyl (C=O) groups is 2. The summed E-state index contributed by atoms with van der Waals surface area (Å²) in [5.41, 5.74) is 0.618. The number of anilines is 1. The lowest BCUT2D eigenvalue weighted by Gasteiger charge is -2.28. The minimum atomic E-state index is -0.188. The number of para-hydroxylation sites is 2. The molecule has 1 heterocycles. The Morgan fingerprint density at radius 3 is 2.65 bits per heavy atom. The second kappa shape index (κ2) is 8.50. The van der Waals surface area contributed by atoms with Gasteiger partial charge in [0.05, 0.1) is 39.1 Å². The fourth-order valence-corrected chi connectivity index (χ4v) is 2.38. The first kappa shape index (κ1) is 17.2. The molecule has 1 fully saturated rings. The maximum absolute atomic E-state index is 12.1. The van der Waals surface area contributed by atoms with E-state index < -0.39 is 0 Å². The fourth-order valence-electron chi connectivity index (χ4n) is 2.38. The van der Waals surface area contributed by atoms with Crippen LogP contribution in [0.3, 0.4) is 0 Å². The van der Waals surface area contributed by atoms with Crippen molar-refractivity contribution in [2.75, 3.05) is 58.9 Å². The Labute approximate surface area is 136 Å². The van der Waals surface area contributed by atoms with Crippen LogP contribution in [0, 0.1) is 0 Å². The zero-order chi connectivity index (χ0) is 16.7. The second-order valence-corrected chi connectivity index (χ2v) is 5.41. The Hall–Kier alpha value is -2.12. The van der Waals surface area contributed by atoms with Crippen molar-refractivity contribution in [1.29, 1.82) is 0 Å². The van der Waals surface area contributed by atoms with E-state index in [1.165, 1.54) is 0 Å². The average molecular weight is 321 g/mol. The molecular weight excluding hydrogens is 298 g/mol. The van der Waals surface area contributed by atoms with Crippen LogP contribution >= 0.6 is 0 Å². The Balaban J connectivity index is 1.81. The van der Waals surface area contributed by atoms with E-state index in [0.29, 0.717) is 37.7 Å². The second-order valence-electron chi connectivity index (χ2n) is 5.41. The van der Waals surface area contributed by atoms with Gasteiger partial charge in [0.15, 0.2) is 0 Å². The monoisotopic (exact) mass is 321 g/mol. The molecule has 0 radical (unpaired) electrons. The number of methoxy groups -OCH3 is 1. The fraction of sp³-hybridized carbons (Fsp3) is 0.500. The van der Waals surface area contributed by atoms with Gasteiger partial charge in [-0.15, -0.1) is 0 Å². The third-order valence-electron chi connectivity index (χ3n) is 3.56. The summed E-state index contributed by atoms with van der Waals surface area (Å²) >= 11 is 0. The molecule has 0 saturated carbocycles. The Bertz CT molecular complexity index is 544. The van der Waals surface area contributed by atoms with Crippen LogP contribution in [0.5, 0.6) is 5.75 Å². The highest BCUT2D eigenvalue weighted by Crippen LogP contribution is 2.22. The minimum absolute atomic E-state index is 0.0147. The highest BCUT2D eigenvalue weighted by molar-refractivity contribution is 5.94. The molecule has 23 heavy (non-hydrogen) atoms. The van der Waals surface area contributed by atoms with Crippen LogP contribution in [0.15, 0.2) is 24.3 Å². The maximum atomic E-state index is 12.1. The number of ether oxygens (including phenoxy) is 2. The average Bonchev–Trinajstić information content (AvgIpc) is 2.55. The zero-order valence-electron chi connectivity index (χ0n) is 13.6. The van der Waals surface area contributed by atoms with E-state index in [2.05, 4.69) is 5.32 Å². The van der Waals surface area contributed by atoms with E-state index >= 15 is 0 Å². The van der Waals surface area contributed by atoms with Gasteiger partial charge in [-0.25, -0.2) is 0 Å². The molecule has 0 atom stereocenters. The third kappa shape index (κ3) is 5.22. The van der Waals surface area contributed by atoms with Gasteiger partial charge in [0.1, 0.15) is 5.75 Å². The lowest BCUT2D eigenvalue weighted by Crippen LogP contribution is -2.46. The SMILES string of the molecule is COc1ccccc1NC(=O)CN(C)CC(=O)N1CCOCC1. The van der Waals surface area contributed by atoms with Gasteiger partial charge in [0, 0.05) is 13.1 Å². The van der Waals surface area contributed by atoms with Crippen LogP contribution in [-0.4, -0.2) is 75.2 Å². The number of carbonyl (C=O) groups excluding carboxylic acids is 2. The van der Waals surface area contributed by atoms with E-state index in [4.69, 9.17) is 9.47 Å². The number of likely N-dealkylation sites (N-methyl/N-ethyl adjacent to an activating group) is 1. The van der Waals surface area contributed by atoms with Crippen molar-refractivity contribution in [3.63, 3.8) is 0 Å². The van der Waals surface area contributed by atoms with Crippen molar-refractivity contribution in [2.45, 2.75) is 0 Å². The van der Waals surface area contributed by atoms with Gasteiger partial charge in [-0.1, -0.05) is 12.1 Å². The molecule has 1 saturated heterocycles. The van der Waals surface area contributed by atoms with E-state index in [1.807, 2.05) is 12.1 Å². The van der Waals surface area contributed by atoms with Crippen molar-refractivity contribution < 1.29 is 19.1 Å². The minimum Gasteiger partial charge on any atom is -0.495 e. The predicted molar refractivity (Wildman–Crippen MR) is 86.5 cm³/mol. The highest BCUT2D eigenvalue weighted by Gasteiger charge is 2.19. The summed E-state index contributed by atoms with van der Waals surface area (Å²) in [6.45, 7) is 2.71. The predicted octanol–water partition coefficient (Wildman–Crippen LogP) is 0.424. The molecule has 1 N–H and O–H groups in total. The van der Waals surface area contributed by atoms with Crippen molar-refractivity contribution in [3.8, 4) is 5.75 Å². The van der Waals surface area contributed by atoms with Crippen molar-refractivity contribution >= 4 is 17.5 Å². The highest BCUT2D eigenvalue weighted by atomic mass is 16.5. The number of nitrogens with one attached hydrogen (secondary N) is 1. The first-order chi connectivity index (χ1) is 11.1. The summed E-state index contributed by atoms with van der Waals surface area (Å²) in [4.78, 5) is 27.7. The topological polar surface area (TPSA) is 71.1 Å². The first-order valence-electron chi connectivity index (χ1n) is 7.57. The van der Waals surface area contributed by atoms with Gasteiger partial charge < -0.3 is 19.7 Å². The lowest BCUT2D eigenvalue weighted by molar-refractivity contribution is -0.136. The van der Waals surface area contributed by atoms with Crippen molar-refractivity contribution in [2.24, 2.45) is 0 Å². The van der Waals surface area contributed by atoms with Crippen LogP contribution < -0.4 is 10.1 Å². The molecule has 1 aromatic rings.